The summed E-state index contributed by atoms with van der Waals surface area (Å²) in [5.41, 5.74) is 0.418. The van der Waals surface area contributed by atoms with E-state index in [4.69, 9.17) is 5.11 Å². The van der Waals surface area contributed by atoms with E-state index in [0.717, 1.165) is 6.07 Å². The Labute approximate surface area is 78.3 Å². The second kappa shape index (κ2) is 3.33. The zero-order chi connectivity index (χ0) is 9.97. The first-order valence-electron chi connectivity index (χ1n) is 3.76. The number of halogens is 1. The van der Waals surface area contributed by atoms with Gasteiger partial charge >= 0.3 is 0 Å². The number of benzene rings is 1. The Morgan fingerprint density at radius 1 is 1.14 bits per heavy atom. The Morgan fingerprint density at radius 2 is 1.86 bits per heavy atom. The number of rotatable bonds is 1. The van der Waals surface area contributed by atoms with Gasteiger partial charge in [0.25, 0.3) is 0 Å². The van der Waals surface area contributed by atoms with Gasteiger partial charge in [0.05, 0.1) is 0 Å². The number of hydrogen-bond acceptors (Lipinski definition) is 5. The third kappa shape index (κ3) is 1.49. The quantitative estimate of drug-likeness (QED) is 0.722. The van der Waals surface area contributed by atoms with Crippen LogP contribution >= 0.6 is 0 Å². The van der Waals surface area contributed by atoms with Crippen LogP contribution in [0.1, 0.15) is 0 Å². The van der Waals surface area contributed by atoms with E-state index in [1.165, 1.54) is 18.5 Å². The number of nitrogens with zero attached hydrogens (tertiary/aromatic N) is 4. The van der Waals surface area contributed by atoms with Crippen molar-refractivity contribution in [2.45, 2.75) is 0 Å². The lowest BCUT2D eigenvalue weighted by Gasteiger charge is -1.98. The molecule has 0 bridgehead atoms. The van der Waals surface area contributed by atoms with Gasteiger partial charge in [0, 0.05) is 5.56 Å². The highest BCUT2D eigenvalue weighted by Crippen LogP contribution is 2.21. The van der Waals surface area contributed by atoms with Crippen LogP contribution in [-0.4, -0.2) is 25.5 Å². The van der Waals surface area contributed by atoms with Gasteiger partial charge in [0.1, 0.15) is 0 Å². The van der Waals surface area contributed by atoms with Crippen molar-refractivity contribution in [2.75, 3.05) is 0 Å². The van der Waals surface area contributed by atoms with E-state index < -0.39 is 11.6 Å². The number of hydrogen-bond donors (Lipinski definition) is 1. The van der Waals surface area contributed by atoms with Gasteiger partial charge in [-0.1, -0.05) is 0 Å². The van der Waals surface area contributed by atoms with Gasteiger partial charge in [-0.15, -0.1) is 20.4 Å². The van der Waals surface area contributed by atoms with Crippen LogP contribution in [-0.2, 0) is 0 Å². The van der Waals surface area contributed by atoms with Crippen molar-refractivity contribution >= 4 is 0 Å². The van der Waals surface area contributed by atoms with Gasteiger partial charge in [-0.25, -0.2) is 4.39 Å². The van der Waals surface area contributed by atoms with E-state index >= 15 is 0 Å². The lowest BCUT2D eigenvalue weighted by Crippen LogP contribution is -1.94. The first-order valence-corrected chi connectivity index (χ1v) is 3.76. The topological polar surface area (TPSA) is 71.8 Å². The number of aromatic nitrogens is 4. The van der Waals surface area contributed by atoms with Crippen molar-refractivity contribution in [3.05, 3.63) is 30.3 Å². The third-order valence-corrected chi connectivity index (χ3v) is 1.61. The normalized spacial score (nSPS) is 10.1. The minimum atomic E-state index is -0.727. The molecule has 1 aromatic carbocycles. The van der Waals surface area contributed by atoms with Gasteiger partial charge < -0.3 is 5.11 Å². The fraction of sp³-hybridized carbons (Fsp3) is 0. The average Bonchev–Trinajstić information content (AvgIpc) is 2.23. The maximum Gasteiger partial charge on any atom is 0.203 e. The van der Waals surface area contributed by atoms with Gasteiger partial charge in [0.2, 0.25) is 5.82 Å². The summed E-state index contributed by atoms with van der Waals surface area (Å²) in [5.74, 6) is -0.924. The molecule has 6 heteroatoms. The maximum absolute atomic E-state index is 12.9. The first kappa shape index (κ1) is 8.49. The van der Waals surface area contributed by atoms with Crippen LogP contribution in [0.2, 0.25) is 0 Å². The first-order chi connectivity index (χ1) is 6.77. The number of phenols is 1. The van der Waals surface area contributed by atoms with Gasteiger partial charge in [-0.3, -0.25) is 0 Å². The van der Waals surface area contributed by atoms with Crippen LogP contribution in [0.5, 0.6) is 5.75 Å². The van der Waals surface area contributed by atoms with Crippen molar-refractivity contribution in [1.29, 1.82) is 0 Å². The Morgan fingerprint density at radius 3 is 2.50 bits per heavy atom. The Hall–Kier alpha value is -2.11. The summed E-state index contributed by atoms with van der Waals surface area (Å²) in [7, 11) is 0. The molecule has 0 aliphatic heterocycles. The van der Waals surface area contributed by atoms with Crippen molar-refractivity contribution in [2.24, 2.45) is 0 Å². The Balaban J connectivity index is 2.48. The lowest BCUT2D eigenvalue weighted by molar-refractivity contribution is 0.432. The van der Waals surface area contributed by atoms with Crippen LogP contribution in [0, 0.1) is 5.82 Å². The molecule has 5 nitrogen and oxygen atoms in total. The maximum atomic E-state index is 12.9. The fourth-order valence-corrected chi connectivity index (χ4v) is 0.966. The Bertz CT molecular complexity index is 448. The number of phenolic OH excluding ortho intramolecular Hbond substituents is 1. The molecule has 0 saturated heterocycles. The van der Waals surface area contributed by atoms with E-state index in [-0.39, 0.29) is 5.82 Å². The standard InChI is InChI=1S/C8H5FN4O/c9-6-3-5(1-2-7(6)14)8-12-10-4-11-13-8/h1-4,14H. The molecule has 0 spiro atoms. The van der Waals surface area contributed by atoms with E-state index in [1.807, 2.05) is 0 Å². The van der Waals surface area contributed by atoms with Crippen molar-refractivity contribution < 1.29 is 9.50 Å². The van der Waals surface area contributed by atoms with Crippen LogP contribution in [0.15, 0.2) is 24.5 Å². The molecule has 0 fully saturated rings. The zero-order valence-electron chi connectivity index (χ0n) is 6.92. The molecule has 0 amide bonds. The molecule has 2 aromatic rings. The molecular weight excluding hydrogens is 187 g/mol. The minimum Gasteiger partial charge on any atom is -0.505 e. The van der Waals surface area contributed by atoms with Gasteiger partial charge in [-0.05, 0) is 18.2 Å². The highest BCUT2D eigenvalue weighted by molar-refractivity contribution is 5.55. The van der Waals surface area contributed by atoms with Gasteiger partial charge in [-0.2, -0.15) is 0 Å². The molecule has 2 rings (SSSR count). The third-order valence-electron chi connectivity index (χ3n) is 1.61. The Kier molecular flexibility index (Phi) is 2.02. The van der Waals surface area contributed by atoms with Crippen molar-refractivity contribution in [3.63, 3.8) is 0 Å². The zero-order valence-corrected chi connectivity index (χ0v) is 6.92. The molecule has 1 N–H and O–H groups in total. The molecule has 1 heterocycles. The highest BCUT2D eigenvalue weighted by atomic mass is 19.1. The number of aromatic hydroxyl groups is 1. The molecule has 0 atom stereocenters. The minimum absolute atomic E-state index is 0.214. The molecule has 0 aliphatic carbocycles. The molecule has 1 aromatic heterocycles. The molecule has 0 aliphatic rings. The van der Waals surface area contributed by atoms with Crippen LogP contribution < -0.4 is 0 Å². The van der Waals surface area contributed by atoms with Crippen LogP contribution in [0.4, 0.5) is 4.39 Å². The molecule has 0 saturated carbocycles. The van der Waals surface area contributed by atoms with Crippen LogP contribution in [0.25, 0.3) is 11.4 Å². The molecule has 0 radical (unpaired) electrons. The monoisotopic (exact) mass is 192 g/mol. The average molecular weight is 192 g/mol. The fourth-order valence-electron chi connectivity index (χ4n) is 0.966. The summed E-state index contributed by atoms with van der Waals surface area (Å²) in [6.07, 6.45) is 1.18. The largest absolute Gasteiger partial charge is 0.505 e. The van der Waals surface area contributed by atoms with Crippen molar-refractivity contribution in [3.8, 4) is 17.1 Å². The molecule has 70 valence electrons. The second-order valence-electron chi connectivity index (χ2n) is 2.54. The van der Waals surface area contributed by atoms with E-state index in [2.05, 4.69) is 20.4 Å². The second-order valence-corrected chi connectivity index (χ2v) is 2.54. The van der Waals surface area contributed by atoms with E-state index in [9.17, 15) is 4.39 Å². The SMILES string of the molecule is Oc1ccc(-c2nncnn2)cc1F. The summed E-state index contributed by atoms with van der Waals surface area (Å²) >= 11 is 0. The van der Waals surface area contributed by atoms with Gasteiger partial charge in [0.15, 0.2) is 17.9 Å². The lowest BCUT2D eigenvalue weighted by atomic mass is 10.2. The van der Waals surface area contributed by atoms with E-state index in [0.29, 0.717) is 5.56 Å². The van der Waals surface area contributed by atoms with Crippen LogP contribution in [0.3, 0.4) is 0 Å². The molecule has 14 heavy (non-hydrogen) atoms. The van der Waals surface area contributed by atoms with E-state index in [1.54, 1.807) is 0 Å². The summed E-state index contributed by atoms with van der Waals surface area (Å²) in [6.45, 7) is 0. The predicted molar refractivity (Wildman–Crippen MR) is 44.7 cm³/mol. The smallest absolute Gasteiger partial charge is 0.203 e. The summed E-state index contributed by atoms with van der Waals surface area (Å²) in [6, 6.07) is 3.83. The summed E-state index contributed by atoms with van der Waals surface area (Å²) in [5, 5.41) is 23.2. The van der Waals surface area contributed by atoms with Crippen molar-refractivity contribution in [1.82, 2.24) is 20.4 Å². The molecular formula is C8H5FN4O. The summed E-state index contributed by atoms with van der Waals surface area (Å²) < 4.78 is 12.9. The summed E-state index contributed by atoms with van der Waals surface area (Å²) in [4.78, 5) is 0. The highest BCUT2D eigenvalue weighted by Gasteiger charge is 2.05. The molecule has 0 unspecified atom stereocenters. The predicted octanol–water partition coefficient (Wildman–Crippen LogP) is 0.778.